The largest absolute Gasteiger partial charge is 0.374 e. The second kappa shape index (κ2) is 6.20. The van der Waals surface area contributed by atoms with Crippen LogP contribution in [0.3, 0.4) is 0 Å². The molecule has 0 unspecified atom stereocenters. The first kappa shape index (κ1) is 16.2. The average molecular weight is 367 g/mol. The molecule has 0 fully saturated rings. The van der Waals surface area contributed by atoms with Gasteiger partial charge in [-0.2, -0.15) is 0 Å². The number of benzene rings is 2. The molecule has 26 heavy (non-hydrogen) atoms. The summed E-state index contributed by atoms with van der Waals surface area (Å²) >= 11 is 1.11. The van der Waals surface area contributed by atoms with Gasteiger partial charge in [0, 0.05) is 5.56 Å². The van der Waals surface area contributed by atoms with Crippen molar-refractivity contribution in [1.29, 1.82) is 0 Å². The Morgan fingerprint density at radius 3 is 2.12 bits per heavy atom. The Bertz CT molecular complexity index is 1010. The van der Waals surface area contributed by atoms with Crippen LogP contribution in [0.1, 0.15) is 30.4 Å². The van der Waals surface area contributed by atoms with Crippen molar-refractivity contribution >= 4 is 29.1 Å². The lowest BCUT2D eigenvalue weighted by molar-refractivity contribution is -0.0580. The molecule has 0 saturated heterocycles. The van der Waals surface area contributed by atoms with Gasteiger partial charge in [-0.05, 0) is 41.3 Å². The summed E-state index contributed by atoms with van der Waals surface area (Å²) in [6.07, 6.45) is 0. The minimum Gasteiger partial charge on any atom is -0.323 e. The summed E-state index contributed by atoms with van der Waals surface area (Å²) in [4.78, 5) is 42.4. The van der Waals surface area contributed by atoms with Crippen molar-refractivity contribution in [3.8, 4) is 11.1 Å². The van der Waals surface area contributed by atoms with Gasteiger partial charge in [-0.1, -0.05) is 29.3 Å². The van der Waals surface area contributed by atoms with Crippen LogP contribution in [0.5, 0.6) is 0 Å². The number of imide groups is 1. The highest BCUT2D eigenvalue weighted by molar-refractivity contribution is 7.12. The lowest BCUT2D eigenvalue weighted by Gasteiger charge is -2.12. The molecule has 0 aliphatic carbocycles. The normalized spacial score (nSPS) is 13.0. The third-order valence-corrected chi connectivity index (χ3v) is 4.83. The van der Waals surface area contributed by atoms with E-state index >= 15 is 0 Å². The van der Waals surface area contributed by atoms with Crippen molar-refractivity contribution in [3.63, 3.8) is 0 Å². The Balaban J connectivity index is 1.61. The van der Waals surface area contributed by atoms with E-state index in [2.05, 4.69) is 0 Å². The lowest BCUT2D eigenvalue weighted by Crippen LogP contribution is -2.32. The third-order valence-electron chi connectivity index (χ3n) is 3.94. The number of hydrogen-bond acceptors (Lipinski definition) is 5. The number of fused-ring (bicyclic) bond motifs is 1. The van der Waals surface area contributed by atoms with Gasteiger partial charge in [0.25, 0.3) is 11.8 Å². The van der Waals surface area contributed by atoms with Crippen LogP contribution < -0.4 is 0 Å². The van der Waals surface area contributed by atoms with E-state index in [4.69, 9.17) is 4.84 Å². The molecule has 0 saturated carbocycles. The summed E-state index contributed by atoms with van der Waals surface area (Å²) in [5.41, 5.74) is 1.55. The van der Waals surface area contributed by atoms with Crippen molar-refractivity contribution in [1.82, 2.24) is 5.06 Å². The lowest BCUT2D eigenvalue weighted by atomic mass is 10.1. The summed E-state index contributed by atoms with van der Waals surface area (Å²) in [7, 11) is 0. The zero-order valence-corrected chi connectivity index (χ0v) is 14.0. The van der Waals surface area contributed by atoms with Gasteiger partial charge in [0.1, 0.15) is 10.7 Å². The molecule has 2 aromatic carbocycles. The molecular formula is C19H10FNO4S. The molecule has 0 radical (unpaired) electrons. The van der Waals surface area contributed by atoms with E-state index in [9.17, 15) is 18.8 Å². The predicted octanol–water partition coefficient (Wildman–Crippen LogP) is 3.92. The van der Waals surface area contributed by atoms with Crippen LogP contribution in [0.15, 0.2) is 60.0 Å². The number of carbonyl (C=O) groups is 3. The topological polar surface area (TPSA) is 63.7 Å². The number of hydroxylamine groups is 2. The molecule has 2 heterocycles. The molecule has 0 bridgehead atoms. The average Bonchev–Trinajstić information content (AvgIpc) is 3.23. The zero-order chi connectivity index (χ0) is 18.3. The number of hydrogen-bond donors (Lipinski definition) is 0. The van der Waals surface area contributed by atoms with Gasteiger partial charge < -0.3 is 4.84 Å². The van der Waals surface area contributed by atoms with Crippen molar-refractivity contribution in [3.05, 3.63) is 81.8 Å². The molecule has 0 atom stereocenters. The third kappa shape index (κ3) is 2.58. The van der Waals surface area contributed by atoms with Gasteiger partial charge in [-0.15, -0.1) is 11.3 Å². The van der Waals surface area contributed by atoms with Crippen LogP contribution in [0, 0.1) is 5.82 Å². The summed E-state index contributed by atoms with van der Waals surface area (Å²) < 4.78 is 13.1. The summed E-state index contributed by atoms with van der Waals surface area (Å²) in [6.45, 7) is 0. The van der Waals surface area contributed by atoms with E-state index in [-0.39, 0.29) is 21.8 Å². The van der Waals surface area contributed by atoms with Gasteiger partial charge in [-0.25, -0.2) is 9.18 Å². The minimum atomic E-state index is -0.825. The first-order chi connectivity index (χ1) is 12.6. The van der Waals surface area contributed by atoms with Crippen LogP contribution in [0.4, 0.5) is 4.39 Å². The highest BCUT2D eigenvalue weighted by Crippen LogP contribution is 2.30. The number of nitrogens with zero attached hydrogens (tertiary/aromatic N) is 1. The van der Waals surface area contributed by atoms with Crippen LogP contribution in [0.25, 0.3) is 11.1 Å². The second-order valence-electron chi connectivity index (χ2n) is 5.50. The van der Waals surface area contributed by atoms with E-state index in [1.165, 1.54) is 36.4 Å². The molecular weight excluding hydrogens is 357 g/mol. The molecule has 2 amide bonds. The zero-order valence-electron chi connectivity index (χ0n) is 13.1. The van der Waals surface area contributed by atoms with Crippen LogP contribution in [-0.4, -0.2) is 22.8 Å². The van der Waals surface area contributed by atoms with Crippen molar-refractivity contribution in [2.24, 2.45) is 0 Å². The molecule has 0 spiro atoms. The fourth-order valence-corrected chi connectivity index (χ4v) is 3.49. The maximum Gasteiger partial charge on any atom is 0.374 e. The Morgan fingerprint density at radius 1 is 0.885 bits per heavy atom. The van der Waals surface area contributed by atoms with Gasteiger partial charge in [-0.3, -0.25) is 9.59 Å². The monoisotopic (exact) mass is 367 g/mol. The molecule has 1 aliphatic heterocycles. The van der Waals surface area contributed by atoms with E-state index in [0.717, 1.165) is 11.3 Å². The summed E-state index contributed by atoms with van der Waals surface area (Å²) in [6, 6.07) is 13.6. The molecule has 4 rings (SSSR count). The number of carbonyl (C=O) groups excluding carboxylic acids is 3. The SMILES string of the molecule is O=C(ON1C(=O)c2ccccc2C1=O)c1sccc1-c1ccc(F)cc1. The van der Waals surface area contributed by atoms with E-state index < -0.39 is 17.8 Å². The molecule has 7 heteroatoms. The molecule has 5 nitrogen and oxygen atoms in total. The molecule has 1 aliphatic rings. The van der Waals surface area contributed by atoms with Crippen LogP contribution in [-0.2, 0) is 4.84 Å². The summed E-state index contributed by atoms with van der Waals surface area (Å²) in [5, 5.41) is 2.15. The number of thiophene rings is 1. The Labute approximate surface area is 151 Å². The second-order valence-corrected chi connectivity index (χ2v) is 6.42. The highest BCUT2D eigenvalue weighted by Gasteiger charge is 2.39. The van der Waals surface area contributed by atoms with Gasteiger partial charge in [0.2, 0.25) is 0 Å². The van der Waals surface area contributed by atoms with Crippen LogP contribution in [0.2, 0.25) is 0 Å². The molecule has 128 valence electrons. The highest BCUT2D eigenvalue weighted by atomic mass is 32.1. The molecule has 1 aromatic heterocycles. The van der Waals surface area contributed by atoms with E-state index in [1.54, 1.807) is 23.6 Å². The molecule has 3 aromatic rings. The number of amides is 2. The standard InChI is InChI=1S/C19H10FNO4S/c20-12-7-5-11(6-8-12)13-9-10-26-16(13)19(24)25-21-17(22)14-3-1-2-4-15(14)18(21)23/h1-10H. The first-order valence-electron chi connectivity index (χ1n) is 7.60. The minimum absolute atomic E-state index is 0.190. The Kier molecular flexibility index (Phi) is 3.85. The number of rotatable bonds is 3. The van der Waals surface area contributed by atoms with Crippen molar-refractivity contribution < 1.29 is 23.6 Å². The van der Waals surface area contributed by atoms with Gasteiger partial charge >= 0.3 is 5.97 Å². The summed E-state index contributed by atoms with van der Waals surface area (Å²) in [5.74, 6) is -2.58. The quantitative estimate of drug-likeness (QED) is 0.658. The van der Waals surface area contributed by atoms with Gasteiger partial charge in [0.15, 0.2) is 0 Å². The van der Waals surface area contributed by atoms with Crippen molar-refractivity contribution in [2.45, 2.75) is 0 Å². The Hall–Kier alpha value is -3.32. The van der Waals surface area contributed by atoms with Gasteiger partial charge in [0.05, 0.1) is 11.1 Å². The fraction of sp³-hybridized carbons (Fsp3) is 0. The predicted molar refractivity (Wildman–Crippen MR) is 92.1 cm³/mol. The maximum atomic E-state index is 13.1. The van der Waals surface area contributed by atoms with E-state index in [0.29, 0.717) is 16.2 Å². The van der Waals surface area contributed by atoms with Crippen LogP contribution >= 0.6 is 11.3 Å². The maximum absolute atomic E-state index is 13.1. The number of halogens is 1. The van der Waals surface area contributed by atoms with E-state index in [1.807, 2.05) is 0 Å². The first-order valence-corrected chi connectivity index (χ1v) is 8.48. The smallest absolute Gasteiger partial charge is 0.323 e. The van der Waals surface area contributed by atoms with Crippen molar-refractivity contribution in [2.75, 3.05) is 0 Å². The fourth-order valence-electron chi connectivity index (χ4n) is 2.70. The Morgan fingerprint density at radius 2 is 1.50 bits per heavy atom. The molecule has 0 N–H and O–H groups in total.